The van der Waals surface area contributed by atoms with Crippen molar-refractivity contribution < 1.29 is 23.9 Å². The summed E-state index contributed by atoms with van der Waals surface area (Å²) >= 11 is 0. The third-order valence-corrected chi connectivity index (χ3v) is 6.37. The zero-order chi connectivity index (χ0) is 23.4. The third-order valence-electron chi connectivity index (χ3n) is 6.37. The number of hydrogen-bond acceptors (Lipinski definition) is 5. The van der Waals surface area contributed by atoms with E-state index in [1.165, 1.54) is 0 Å². The molecule has 2 aromatic carbocycles. The molecule has 2 aromatic rings. The van der Waals surface area contributed by atoms with Gasteiger partial charge in [-0.25, -0.2) is 0 Å². The number of hydrogen-bond donors (Lipinski definition) is 0. The molecule has 0 unspecified atom stereocenters. The first-order valence-electron chi connectivity index (χ1n) is 11.5. The first-order chi connectivity index (χ1) is 15.9. The fourth-order valence-electron chi connectivity index (χ4n) is 4.24. The standard InChI is InChI=1S/C26H30N2O5/c1-18-7-5-8-23(19(18)2)32-16-22(29)20-10-11-24-21(15-20)28(26(31)17-33-24)14-6-9-25(30)27-12-3-4-13-27/h5,7-8,10-11,15H,3-4,6,9,12-14,16-17H2,1-2H3. The van der Waals surface area contributed by atoms with Crippen molar-refractivity contribution in [2.24, 2.45) is 0 Å². The zero-order valence-corrected chi connectivity index (χ0v) is 19.3. The highest BCUT2D eigenvalue weighted by atomic mass is 16.5. The van der Waals surface area contributed by atoms with Crippen LogP contribution in [0.5, 0.6) is 11.5 Å². The molecule has 0 bridgehead atoms. The summed E-state index contributed by atoms with van der Waals surface area (Å²) in [6.07, 6.45) is 3.09. The Kier molecular flexibility index (Phi) is 6.96. The first-order valence-corrected chi connectivity index (χ1v) is 11.5. The molecule has 1 saturated heterocycles. The summed E-state index contributed by atoms with van der Waals surface area (Å²) in [5, 5.41) is 0. The normalized spacial score (nSPS) is 15.3. The van der Waals surface area contributed by atoms with E-state index in [1.807, 2.05) is 36.9 Å². The van der Waals surface area contributed by atoms with Gasteiger partial charge in [0.2, 0.25) is 5.91 Å². The molecule has 0 radical (unpaired) electrons. The molecule has 2 aliphatic heterocycles. The minimum absolute atomic E-state index is 0.0455. The average Bonchev–Trinajstić information content (AvgIpc) is 3.36. The summed E-state index contributed by atoms with van der Waals surface area (Å²) in [4.78, 5) is 41.2. The summed E-state index contributed by atoms with van der Waals surface area (Å²) in [5.74, 6) is 1.03. The van der Waals surface area contributed by atoms with E-state index in [2.05, 4.69) is 0 Å². The van der Waals surface area contributed by atoms with E-state index in [0.717, 1.165) is 37.1 Å². The van der Waals surface area contributed by atoms with Crippen LogP contribution in [0.25, 0.3) is 0 Å². The summed E-state index contributed by atoms with van der Waals surface area (Å²) in [5.41, 5.74) is 3.13. The van der Waals surface area contributed by atoms with E-state index < -0.39 is 0 Å². The Morgan fingerprint density at radius 3 is 2.67 bits per heavy atom. The molecule has 0 N–H and O–H groups in total. The van der Waals surface area contributed by atoms with Crippen molar-refractivity contribution in [2.45, 2.75) is 39.5 Å². The maximum absolute atomic E-state index is 12.8. The van der Waals surface area contributed by atoms with Gasteiger partial charge in [-0.3, -0.25) is 14.4 Å². The Morgan fingerprint density at radius 2 is 1.88 bits per heavy atom. The minimum Gasteiger partial charge on any atom is -0.485 e. The van der Waals surface area contributed by atoms with Crippen molar-refractivity contribution in [3.05, 3.63) is 53.1 Å². The largest absolute Gasteiger partial charge is 0.485 e. The van der Waals surface area contributed by atoms with Crippen molar-refractivity contribution in [2.75, 3.05) is 37.7 Å². The molecule has 0 saturated carbocycles. The van der Waals surface area contributed by atoms with E-state index in [0.29, 0.717) is 42.1 Å². The molecule has 0 aliphatic carbocycles. The smallest absolute Gasteiger partial charge is 0.265 e. The van der Waals surface area contributed by atoms with Gasteiger partial charge in [-0.1, -0.05) is 12.1 Å². The van der Waals surface area contributed by atoms with Crippen molar-refractivity contribution in [3.63, 3.8) is 0 Å². The highest BCUT2D eigenvalue weighted by molar-refractivity contribution is 6.02. The number of fused-ring (bicyclic) bond motifs is 1. The van der Waals surface area contributed by atoms with Crippen LogP contribution in [-0.2, 0) is 9.59 Å². The van der Waals surface area contributed by atoms with Gasteiger partial charge in [0.05, 0.1) is 5.69 Å². The number of amides is 2. The summed E-state index contributed by atoms with van der Waals surface area (Å²) in [6.45, 7) is 5.88. The lowest BCUT2D eigenvalue weighted by molar-refractivity contribution is -0.130. The number of rotatable bonds is 8. The Morgan fingerprint density at radius 1 is 1.09 bits per heavy atom. The monoisotopic (exact) mass is 450 g/mol. The maximum Gasteiger partial charge on any atom is 0.265 e. The Balaban J connectivity index is 1.41. The Hall–Kier alpha value is -3.35. The number of ether oxygens (including phenoxy) is 2. The molecule has 0 spiro atoms. The Bertz CT molecular complexity index is 1060. The van der Waals surface area contributed by atoms with Gasteiger partial charge in [-0.05, 0) is 68.5 Å². The second-order valence-corrected chi connectivity index (χ2v) is 8.62. The second kappa shape index (κ2) is 10.1. The number of anilines is 1. The van der Waals surface area contributed by atoms with Crippen LogP contribution in [0.2, 0.25) is 0 Å². The lowest BCUT2D eigenvalue weighted by Gasteiger charge is -2.30. The quantitative estimate of drug-likeness (QED) is 0.574. The fraction of sp³-hybridized carbons (Fsp3) is 0.423. The van der Waals surface area contributed by atoms with E-state index in [-0.39, 0.29) is 30.8 Å². The zero-order valence-electron chi connectivity index (χ0n) is 19.3. The van der Waals surface area contributed by atoms with E-state index in [1.54, 1.807) is 23.1 Å². The highest BCUT2D eigenvalue weighted by Crippen LogP contribution is 2.33. The van der Waals surface area contributed by atoms with Gasteiger partial charge in [-0.2, -0.15) is 0 Å². The highest BCUT2D eigenvalue weighted by Gasteiger charge is 2.27. The molecule has 0 aromatic heterocycles. The number of benzene rings is 2. The predicted molar refractivity (Wildman–Crippen MR) is 125 cm³/mol. The van der Waals surface area contributed by atoms with E-state index in [4.69, 9.17) is 9.47 Å². The lowest BCUT2D eigenvalue weighted by atomic mass is 10.1. The van der Waals surface area contributed by atoms with Crippen molar-refractivity contribution in [1.29, 1.82) is 0 Å². The van der Waals surface area contributed by atoms with Crippen LogP contribution >= 0.6 is 0 Å². The molecule has 174 valence electrons. The molecular weight excluding hydrogens is 420 g/mol. The number of ketones is 1. The molecule has 2 heterocycles. The van der Waals surface area contributed by atoms with Crippen LogP contribution in [0.3, 0.4) is 0 Å². The van der Waals surface area contributed by atoms with Crippen molar-refractivity contribution in [1.82, 2.24) is 4.90 Å². The topological polar surface area (TPSA) is 76.2 Å². The van der Waals surface area contributed by atoms with Gasteiger partial charge in [-0.15, -0.1) is 0 Å². The van der Waals surface area contributed by atoms with Gasteiger partial charge < -0.3 is 19.3 Å². The summed E-state index contributed by atoms with van der Waals surface area (Å²) in [7, 11) is 0. The van der Waals surface area contributed by atoms with Gasteiger partial charge in [0.25, 0.3) is 5.91 Å². The fourth-order valence-corrected chi connectivity index (χ4v) is 4.24. The summed E-state index contributed by atoms with van der Waals surface area (Å²) in [6, 6.07) is 10.8. The molecule has 2 amide bonds. The molecule has 33 heavy (non-hydrogen) atoms. The number of nitrogens with zero attached hydrogens (tertiary/aromatic N) is 2. The second-order valence-electron chi connectivity index (χ2n) is 8.62. The number of Topliss-reactive ketones (excluding diaryl/α,β-unsaturated/α-hetero) is 1. The van der Waals surface area contributed by atoms with Crippen LogP contribution in [0.4, 0.5) is 5.69 Å². The lowest BCUT2D eigenvalue weighted by Crippen LogP contribution is -2.40. The number of carbonyl (C=O) groups excluding carboxylic acids is 3. The number of likely N-dealkylation sites (tertiary alicyclic amines) is 1. The summed E-state index contributed by atoms with van der Waals surface area (Å²) < 4.78 is 11.3. The third kappa shape index (κ3) is 5.18. The van der Waals surface area contributed by atoms with Gasteiger partial charge in [0.15, 0.2) is 19.0 Å². The van der Waals surface area contributed by atoms with E-state index >= 15 is 0 Å². The number of carbonyl (C=O) groups is 3. The van der Waals surface area contributed by atoms with Crippen LogP contribution < -0.4 is 14.4 Å². The molecule has 2 aliphatic rings. The Labute approximate surface area is 194 Å². The van der Waals surface area contributed by atoms with E-state index in [9.17, 15) is 14.4 Å². The molecule has 1 fully saturated rings. The molecular formula is C26H30N2O5. The first kappa shape index (κ1) is 22.8. The van der Waals surface area contributed by atoms with Crippen molar-refractivity contribution in [3.8, 4) is 11.5 Å². The van der Waals surface area contributed by atoms with Gasteiger partial charge >= 0.3 is 0 Å². The predicted octanol–water partition coefficient (Wildman–Crippen LogP) is 3.69. The number of aryl methyl sites for hydroxylation is 1. The maximum atomic E-state index is 12.8. The average molecular weight is 451 g/mol. The van der Waals surface area contributed by atoms with Gasteiger partial charge in [0, 0.05) is 31.6 Å². The van der Waals surface area contributed by atoms with Crippen LogP contribution in [0, 0.1) is 13.8 Å². The molecule has 7 nitrogen and oxygen atoms in total. The van der Waals surface area contributed by atoms with Crippen LogP contribution in [0.15, 0.2) is 36.4 Å². The van der Waals surface area contributed by atoms with Crippen molar-refractivity contribution >= 4 is 23.3 Å². The molecule has 0 atom stereocenters. The van der Waals surface area contributed by atoms with Crippen LogP contribution in [0.1, 0.15) is 47.2 Å². The SMILES string of the molecule is Cc1cccc(OCC(=O)c2ccc3c(c2)N(CCCC(=O)N2CCCC2)C(=O)CO3)c1C. The molecule has 4 rings (SSSR count). The van der Waals surface area contributed by atoms with Gasteiger partial charge in [0.1, 0.15) is 11.5 Å². The molecule has 7 heteroatoms. The van der Waals surface area contributed by atoms with Crippen LogP contribution in [-0.4, -0.2) is 55.3 Å². The minimum atomic E-state index is -0.180.